The van der Waals surface area contributed by atoms with Gasteiger partial charge in [-0.15, -0.1) is 13.2 Å². The third-order valence-corrected chi connectivity index (χ3v) is 2.25. The molecule has 0 saturated carbocycles. The number of halogens is 3. The summed E-state index contributed by atoms with van der Waals surface area (Å²) in [5, 5.41) is 3.12. The summed E-state index contributed by atoms with van der Waals surface area (Å²) >= 11 is 0. The number of alkyl halides is 3. The highest BCUT2D eigenvalue weighted by Gasteiger charge is 2.31. The third-order valence-electron chi connectivity index (χ3n) is 2.25. The lowest BCUT2D eigenvalue weighted by molar-refractivity contribution is -0.274. The Morgan fingerprint density at radius 3 is 2.32 bits per heavy atom. The molecule has 0 aliphatic carbocycles. The van der Waals surface area contributed by atoms with Crippen molar-refractivity contribution in [3.8, 4) is 5.75 Å². The summed E-state index contributed by atoms with van der Waals surface area (Å²) in [4.78, 5) is 0. The Bertz CT molecular complexity index is 364. The molecule has 0 saturated heterocycles. The normalized spacial score (nSPS) is 12.8. The van der Waals surface area contributed by atoms with Gasteiger partial charge in [-0.2, -0.15) is 0 Å². The topological polar surface area (TPSA) is 21.3 Å². The van der Waals surface area contributed by atoms with Crippen LogP contribution >= 0.6 is 0 Å². The van der Waals surface area contributed by atoms with Crippen LogP contribution in [-0.4, -0.2) is 12.9 Å². The highest BCUT2D eigenvalue weighted by atomic mass is 19.4. The van der Waals surface area contributed by atoms with E-state index in [-0.39, 0.29) is 5.75 Å². The first-order chi connectivity index (χ1) is 9.04. The maximum Gasteiger partial charge on any atom is 0.573 e. The van der Waals surface area contributed by atoms with Crippen LogP contribution in [0.25, 0.3) is 0 Å². The molecule has 1 N–H and O–H groups in total. The highest BCUT2D eigenvalue weighted by Crippen LogP contribution is 2.29. The smallest absolute Gasteiger partial charge is 0.406 e. The first-order valence-electron chi connectivity index (χ1n) is 6.67. The van der Waals surface area contributed by atoms with E-state index in [0.717, 1.165) is 30.6 Å². The van der Waals surface area contributed by atoms with Crippen LogP contribution in [0.4, 0.5) is 18.9 Å². The SMILES string of the molecule is CC.CC.FC(F)(F)Oc1ccc2c(c1)CCCN2. The molecule has 0 radical (unpaired) electrons. The minimum Gasteiger partial charge on any atom is -0.406 e. The van der Waals surface area contributed by atoms with Gasteiger partial charge in [-0.25, -0.2) is 0 Å². The molecule has 0 bridgehead atoms. The average molecular weight is 277 g/mol. The molecule has 19 heavy (non-hydrogen) atoms. The van der Waals surface area contributed by atoms with E-state index in [4.69, 9.17) is 0 Å². The van der Waals surface area contributed by atoms with Gasteiger partial charge in [0.15, 0.2) is 0 Å². The van der Waals surface area contributed by atoms with E-state index >= 15 is 0 Å². The number of hydrogen-bond acceptors (Lipinski definition) is 2. The van der Waals surface area contributed by atoms with Crippen LogP contribution in [0.15, 0.2) is 18.2 Å². The van der Waals surface area contributed by atoms with Gasteiger partial charge in [-0.3, -0.25) is 0 Å². The number of benzene rings is 1. The molecule has 0 spiro atoms. The quantitative estimate of drug-likeness (QED) is 0.780. The van der Waals surface area contributed by atoms with Crippen molar-refractivity contribution in [1.82, 2.24) is 0 Å². The third kappa shape index (κ3) is 6.36. The van der Waals surface area contributed by atoms with Gasteiger partial charge in [0, 0.05) is 12.2 Å². The number of hydrogen-bond donors (Lipinski definition) is 1. The Kier molecular flexibility index (Phi) is 8.03. The fourth-order valence-corrected chi connectivity index (χ4v) is 1.65. The minimum atomic E-state index is -4.61. The summed E-state index contributed by atoms with van der Waals surface area (Å²) in [6, 6.07) is 4.38. The Balaban J connectivity index is 0.000000741. The van der Waals surface area contributed by atoms with Crippen molar-refractivity contribution in [2.24, 2.45) is 0 Å². The van der Waals surface area contributed by atoms with Gasteiger partial charge in [0.2, 0.25) is 0 Å². The first-order valence-corrected chi connectivity index (χ1v) is 6.67. The largest absolute Gasteiger partial charge is 0.573 e. The molecule has 2 rings (SSSR count). The molecule has 0 aromatic heterocycles. The molecule has 5 heteroatoms. The van der Waals surface area contributed by atoms with Crippen molar-refractivity contribution in [2.45, 2.75) is 46.9 Å². The Morgan fingerprint density at radius 1 is 1.11 bits per heavy atom. The van der Waals surface area contributed by atoms with Crippen LogP contribution < -0.4 is 10.1 Å². The van der Waals surface area contributed by atoms with Gasteiger partial charge in [0.25, 0.3) is 0 Å². The van der Waals surface area contributed by atoms with Crippen molar-refractivity contribution >= 4 is 5.69 Å². The number of ether oxygens (including phenoxy) is 1. The fraction of sp³-hybridized carbons (Fsp3) is 0.571. The average Bonchev–Trinajstić information content (AvgIpc) is 2.41. The standard InChI is InChI=1S/C10H10F3NO.2C2H6/c11-10(12,13)15-8-3-4-9-7(6-8)2-1-5-14-9;2*1-2/h3-4,6,14H,1-2,5H2;2*1-2H3. The number of rotatable bonds is 1. The summed E-state index contributed by atoms with van der Waals surface area (Å²) in [5.74, 6) is -0.148. The van der Waals surface area contributed by atoms with Crippen LogP contribution in [0.5, 0.6) is 5.75 Å². The van der Waals surface area contributed by atoms with E-state index in [2.05, 4.69) is 10.1 Å². The van der Waals surface area contributed by atoms with E-state index in [1.54, 1.807) is 6.07 Å². The van der Waals surface area contributed by atoms with Gasteiger partial charge in [0.05, 0.1) is 0 Å². The molecule has 1 aliphatic rings. The molecular weight excluding hydrogens is 255 g/mol. The van der Waals surface area contributed by atoms with E-state index in [9.17, 15) is 13.2 Å². The summed E-state index contributed by atoms with van der Waals surface area (Å²) in [5.41, 5.74) is 1.78. The van der Waals surface area contributed by atoms with Crippen LogP contribution in [0, 0.1) is 0 Å². The Labute approximate surface area is 113 Å². The molecule has 110 valence electrons. The summed E-state index contributed by atoms with van der Waals surface area (Å²) in [6.07, 6.45) is -2.89. The van der Waals surface area contributed by atoms with Gasteiger partial charge in [-0.05, 0) is 36.6 Å². The first kappa shape index (κ1) is 17.6. The molecule has 0 unspecified atom stereocenters. The van der Waals surface area contributed by atoms with Crippen LogP contribution in [-0.2, 0) is 6.42 Å². The zero-order valence-electron chi connectivity index (χ0n) is 11.9. The van der Waals surface area contributed by atoms with Crippen molar-refractivity contribution < 1.29 is 17.9 Å². The Morgan fingerprint density at radius 2 is 1.74 bits per heavy atom. The highest BCUT2D eigenvalue weighted by molar-refractivity contribution is 5.55. The van der Waals surface area contributed by atoms with Crippen LogP contribution in [0.1, 0.15) is 39.7 Å². The molecular formula is C14H22F3NO. The lowest BCUT2D eigenvalue weighted by Gasteiger charge is -2.19. The molecule has 0 fully saturated rings. The van der Waals surface area contributed by atoms with Crippen LogP contribution in [0.2, 0.25) is 0 Å². The molecule has 1 heterocycles. The molecule has 1 aromatic rings. The number of aryl methyl sites for hydroxylation is 1. The van der Waals surface area contributed by atoms with Gasteiger partial charge < -0.3 is 10.1 Å². The molecule has 2 nitrogen and oxygen atoms in total. The number of fused-ring (bicyclic) bond motifs is 1. The number of nitrogens with one attached hydrogen (secondary N) is 1. The van der Waals surface area contributed by atoms with Crippen LogP contribution in [0.3, 0.4) is 0 Å². The fourth-order valence-electron chi connectivity index (χ4n) is 1.65. The summed E-state index contributed by atoms with van der Waals surface area (Å²) in [6.45, 7) is 8.87. The second kappa shape index (κ2) is 8.67. The lowest BCUT2D eigenvalue weighted by atomic mass is 10.0. The summed E-state index contributed by atoms with van der Waals surface area (Å²) < 4.78 is 39.6. The van der Waals surface area contributed by atoms with Crippen molar-refractivity contribution in [3.63, 3.8) is 0 Å². The zero-order chi connectivity index (χ0) is 14.9. The molecule has 1 aromatic carbocycles. The van der Waals surface area contributed by atoms with E-state index in [1.165, 1.54) is 12.1 Å². The zero-order valence-corrected chi connectivity index (χ0v) is 11.9. The molecule has 0 atom stereocenters. The predicted molar refractivity (Wildman–Crippen MR) is 72.6 cm³/mol. The van der Waals surface area contributed by atoms with E-state index < -0.39 is 6.36 Å². The van der Waals surface area contributed by atoms with Gasteiger partial charge >= 0.3 is 6.36 Å². The monoisotopic (exact) mass is 277 g/mol. The van der Waals surface area contributed by atoms with E-state index in [0.29, 0.717) is 0 Å². The summed E-state index contributed by atoms with van der Waals surface area (Å²) in [7, 11) is 0. The maximum atomic E-state index is 11.9. The lowest BCUT2D eigenvalue weighted by Crippen LogP contribution is -2.18. The van der Waals surface area contributed by atoms with Gasteiger partial charge in [-0.1, -0.05) is 27.7 Å². The van der Waals surface area contributed by atoms with Crippen molar-refractivity contribution in [2.75, 3.05) is 11.9 Å². The number of anilines is 1. The van der Waals surface area contributed by atoms with E-state index in [1.807, 2.05) is 27.7 Å². The van der Waals surface area contributed by atoms with Gasteiger partial charge in [0.1, 0.15) is 5.75 Å². The second-order valence-corrected chi connectivity index (χ2v) is 3.40. The minimum absolute atomic E-state index is 0.148. The molecule has 1 aliphatic heterocycles. The molecule has 0 amide bonds. The second-order valence-electron chi connectivity index (χ2n) is 3.40. The van der Waals surface area contributed by atoms with Crippen molar-refractivity contribution in [3.05, 3.63) is 23.8 Å². The Hall–Kier alpha value is -1.39. The maximum absolute atomic E-state index is 11.9. The van der Waals surface area contributed by atoms with Crippen molar-refractivity contribution in [1.29, 1.82) is 0 Å². The predicted octanol–water partition coefficient (Wildman–Crippen LogP) is 5.00.